The number of hydrogen-bond acceptors (Lipinski definition) is 5. The second kappa shape index (κ2) is 6.09. The maximum absolute atomic E-state index is 11.9. The molecule has 1 aromatic rings. The van der Waals surface area contributed by atoms with Crippen LogP contribution < -0.4 is 4.74 Å². The average Bonchev–Trinajstić information content (AvgIpc) is 2.29. The molecule has 8 heteroatoms. The number of halogens is 1. The fraction of sp³-hybridized carbons (Fsp3) is 0.500. The molecule has 112 valence electrons. The van der Waals surface area contributed by atoms with Crippen LogP contribution in [0, 0.1) is 10.1 Å². The first-order valence-corrected chi connectivity index (χ1v) is 8.28. The minimum Gasteiger partial charge on any atom is -0.491 e. The lowest BCUT2D eigenvalue weighted by Crippen LogP contribution is -2.32. The van der Waals surface area contributed by atoms with Crippen LogP contribution in [-0.2, 0) is 9.84 Å². The zero-order valence-corrected chi connectivity index (χ0v) is 13.8. The molecule has 0 bridgehead atoms. The number of non-ortho nitro benzene ring substituents is 1. The molecule has 0 aliphatic heterocycles. The molecular formula is C12H16BrNO5S. The molecule has 0 fully saturated rings. The Labute approximate surface area is 126 Å². The predicted molar refractivity (Wildman–Crippen MR) is 79.8 cm³/mol. The highest BCUT2D eigenvalue weighted by atomic mass is 79.9. The van der Waals surface area contributed by atoms with E-state index in [0.717, 1.165) is 0 Å². The third-order valence-electron chi connectivity index (χ3n) is 2.67. The number of sulfone groups is 1. The summed E-state index contributed by atoms with van der Waals surface area (Å²) in [6.45, 7) is 4.79. The van der Waals surface area contributed by atoms with Gasteiger partial charge in [-0.15, -0.1) is 0 Å². The Balaban J connectivity index is 2.77. The van der Waals surface area contributed by atoms with Crippen LogP contribution in [0.15, 0.2) is 22.7 Å². The molecular weight excluding hydrogens is 350 g/mol. The van der Waals surface area contributed by atoms with E-state index < -0.39 is 19.5 Å². The van der Waals surface area contributed by atoms with Crippen molar-refractivity contribution in [1.29, 1.82) is 0 Å². The Bertz CT molecular complexity index is 607. The van der Waals surface area contributed by atoms with Gasteiger partial charge in [0.25, 0.3) is 5.69 Å². The summed E-state index contributed by atoms with van der Waals surface area (Å²) >= 11 is 3.20. The normalized spacial score (nSPS) is 12.2. The van der Waals surface area contributed by atoms with Gasteiger partial charge in [0.05, 0.1) is 26.0 Å². The minimum atomic E-state index is -3.28. The summed E-state index contributed by atoms with van der Waals surface area (Å²) in [4.78, 5) is 10.1. The van der Waals surface area contributed by atoms with Crippen LogP contribution in [0.5, 0.6) is 5.75 Å². The summed E-state index contributed by atoms with van der Waals surface area (Å²) in [6.07, 6.45) is 0. The standard InChI is InChI=1S/C12H16BrNO5S/c1-12(2,3)20(17,18)7-6-19-11-8-9(14(15)16)4-5-10(11)13/h4-5,8H,6-7H2,1-3H3. The van der Waals surface area contributed by atoms with Gasteiger partial charge in [0.15, 0.2) is 9.84 Å². The molecule has 0 N–H and O–H groups in total. The van der Waals surface area contributed by atoms with Crippen molar-refractivity contribution in [2.45, 2.75) is 25.5 Å². The minimum absolute atomic E-state index is 0.0562. The van der Waals surface area contributed by atoms with Gasteiger partial charge in [0, 0.05) is 6.07 Å². The van der Waals surface area contributed by atoms with Crippen LogP contribution in [0.2, 0.25) is 0 Å². The van der Waals surface area contributed by atoms with Crippen LogP contribution in [0.25, 0.3) is 0 Å². The van der Waals surface area contributed by atoms with Crippen molar-refractivity contribution in [1.82, 2.24) is 0 Å². The van der Waals surface area contributed by atoms with Crippen molar-refractivity contribution in [3.8, 4) is 5.75 Å². The molecule has 0 aromatic heterocycles. The second-order valence-corrected chi connectivity index (χ2v) is 8.87. The highest BCUT2D eigenvalue weighted by molar-refractivity contribution is 9.10. The summed E-state index contributed by atoms with van der Waals surface area (Å²) in [5.41, 5.74) is -0.109. The van der Waals surface area contributed by atoms with E-state index in [4.69, 9.17) is 4.74 Å². The average molecular weight is 366 g/mol. The van der Waals surface area contributed by atoms with Crippen molar-refractivity contribution >= 4 is 31.5 Å². The number of nitro benzene ring substituents is 1. The molecule has 0 saturated carbocycles. The molecule has 0 atom stereocenters. The van der Waals surface area contributed by atoms with E-state index >= 15 is 0 Å². The Kier molecular flexibility index (Phi) is 5.15. The first kappa shape index (κ1) is 16.9. The molecule has 0 saturated heterocycles. The van der Waals surface area contributed by atoms with E-state index in [1.807, 2.05) is 0 Å². The summed E-state index contributed by atoms with van der Waals surface area (Å²) in [5, 5.41) is 10.7. The SMILES string of the molecule is CC(C)(C)S(=O)(=O)CCOc1cc([N+](=O)[O-])ccc1Br. The van der Waals surface area contributed by atoms with Crippen molar-refractivity contribution in [2.24, 2.45) is 0 Å². The smallest absolute Gasteiger partial charge is 0.273 e. The van der Waals surface area contributed by atoms with Crippen LogP contribution in [0.1, 0.15) is 20.8 Å². The number of nitrogens with zero attached hydrogens (tertiary/aromatic N) is 1. The third kappa shape index (κ3) is 4.17. The molecule has 1 rings (SSSR count). The van der Waals surface area contributed by atoms with Crippen LogP contribution >= 0.6 is 15.9 Å². The molecule has 0 unspecified atom stereocenters. The maximum atomic E-state index is 11.9. The van der Waals surface area contributed by atoms with Crippen molar-refractivity contribution in [3.63, 3.8) is 0 Å². The first-order valence-electron chi connectivity index (χ1n) is 5.83. The summed E-state index contributed by atoms with van der Waals surface area (Å²) < 4.78 is 28.8. The van der Waals surface area contributed by atoms with Gasteiger partial charge in [-0.3, -0.25) is 10.1 Å². The maximum Gasteiger partial charge on any atom is 0.273 e. The van der Waals surface area contributed by atoms with Gasteiger partial charge in [-0.25, -0.2) is 8.42 Å². The molecule has 0 amide bonds. The highest BCUT2D eigenvalue weighted by Gasteiger charge is 2.28. The van der Waals surface area contributed by atoms with Gasteiger partial charge in [-0.05, 0) is 42.8 Å². The highest BCUT2D eigenvalue weighted by Crippen LogP contribution is 2.29. The van der Waals surface area contributed by atoms with Crippen LogP contribution in [0.3, 0.4) is 0 Å². The zero-order chi connectivity index (χ0) is 15.6. The molecule has 0 heterocycles. The molecule has 0 spiro atoms. The molecule has 0 aliphatic carbocycles. The number of nitro groups is 1. The van der Waals surface area contributed by atoms with E-state index in [2.05, 4.69) is 15.9 Å². The predicted octanol–water partition coefficient (Wildman–Crippen LogP) is 2.95. The van der Waals surface area contributed by atoms with E-state index in [9.17, 15) is 18.5 Å². The van der Waals surface area contributed by atoms with E-state index in [-0.39, 0.29) is 23.8 Å². The lowest BCUT2D eigenvalue weighted by atomic mass is 10.3. The Hall–Kier alpha value is -1.15. The zero-order valence-electron chi connectivity index (χ0n) is 11.4. The van der Waals surface area contributed by atoms with Gasteiger partial charge in [0.1, 0.15) is 12.4 Å². The Morgan fingerprint density at radius 3 is 2.45 bits per heavy atom. The Morgan fingerprint density at radius 1 is 1.35 bits per heavy atom. The Morgan fingerprint density at radius 2 is 1.95 bits per heavy atom. The van der Waals surface area contributed by atoms with Gasteiger partial charge in [-0.2, -0.15) is 0 Å². The van der Waals surface area contributed by atoms with Gasteiger partial charge >= 0.3 is 0 Å². The molecule has 6 nitrogen and oxygen atoms in total. The van der Waals surface area contributed by atoms with E-state index in [0.29, 0.717) is 4.47 Å². The third-order valence-corrected chi connectivity index (χ3v) is 5.89. The summed E-state index contributed by atoms with van der Waals surface area (Å²) in [5.74, 6) is 0.106. The van der Waals surface area contributed by atoms with E-state index in [1.165, 1.54) is 18.2 Å². The number of benzene rings is 1. The van der Waals surface area contributed by atoms with Crippen LogP contribution in [0.4, 0.5) is 5.69 Å². The largest absolute Gasteiger partial charge is 0.491 e. The lowest BCUT2D eigenvalue weighted by molar-refractivity contribution is -0.384. The lowest BCUT2D eigenvalue weighted by Gasteiger charge is -2.19. The number of ether oxygens (including phenoxy) is 1. The fourth-order valence-electron chi connectivity index (χ4n) is 1.28. The molecule has 1 aromatic carbocycles. The number of rotatable bonds is 5. The topological polar surface area (TPSA) is 86.5 Å². The quantitative estimate of drug-likeness (QED) is 0.591. The van der Waals surface area contributed by atoms with Crippen LogP contribution in [-0.4, -0.2) is 30.4 Å². The summed E-state index contributed by atoms with van der Waals surface area (Å²) in [7, 11) is -3.28. The van der Waals surface area contributed by atoms with Crippen molar-refractivity contribution in [3.05, 3.63) is 32.8 Å². The second-order valence-electron chi connectivity index (χ2n) is 5.15. The van der Waals surface area contributed by atoms with Gasteiger partial charge in [-0.1, -0.05) is 0 Å². The molecule has 0 aliphatic rings. The van der Waals surface area contributed by atoms with Gasteiger partial charge in [0.2, 0.25) is 0 Å². The van der Waals surface area contributed by atoms with Crippen molar-refractivity contribution < 1.29 is 18.1 Å². The summed E-state index contributed by atoms with van der Waals surface area (Å²) in [6, 6.07) is 4.09. The van der Waals surface area contributed by atoms with Crippen molar-refractivity contribution in [2.75, 3.05) is 12.4 Å². The van der Waals surface area contributed by atoms with E-state index in [1.54, 1.807) is 20.8 Å². The molecule has 0 radical (unpaired) electrons. The fourth-order valence-corrected chi connectivity index (χ4v) is 2.56. The molecule has 20 heavy (non-hydrogen) atoms. The van der Waals surface area contributed by atoms with Gasteiger partial charge < -0.3 is 4.74 Å². The monoisotopic (exact) mass is 365 g/mol. The number of hydrogen-bond donors (Lipinski definition) is 0. The first-order chi connectivity index (χ1) is 9.04.